The Bertz CT molecular complexity index is 4640. The van der Waals surface area contributed by atoms with E-state index < -0.39 is 61.2 Å². The largest absolute Gasteiger partial charge is 1.00 e. The summed E-state index contributed by atoms with van der Waals surface area (Å²) in [5.74, 6) is 1.07. The molecule has 35 nitrogen and oxygen atoms in total. The number of benzene rings is 5. The number of aryl methyl sites for hydroxylation is 5. The van der Waals surface area contributed by atoms with Crippen LogP contribution in [-0.4, -0.2) is 256 Å². The van der Waals surface area contributed by atoms with Crippen molar-refractivity contribution >= 4 is 100 Å². The third-order valence-electron chi connectivity index (χ3n) is 22.6. The number of alkyl halides is 1. The predicted octanol–water partition coefficient (Wildman–Crippen LogP) is 0.915. The number of hydrogen-bond acceptors (Lipinski definition) is 24. The number of esters is 2. The number of nitrogens with zero attached hydrogens (tertiary/aromatic N) is 7. The van der Waals surface area contributed by atoms with Crippen molar-refractivity contribution in [2.24, 2.45) is 0 Å². The summed E-state index contributed by atoms with van der Waals surface area (Å²) in [6.45, 7) is 22.9. The first-order valence-corrected chi connectivity index (χ1v) is 42.5. The number of carboxylic acids is 1. The molecule has 5 unspecified atom stereocenters. The summed E-state index contributed by atoms with van der Waals surface area (Å²) in [7, 11) is 16.0. The second-order valence-electron chi connectivity index (χ2n) is 33.5. The van der Waals surface area contributed by atoms with E-state index in [1.807, 2.05) is 123 Å². The number of imide groups is 5. The molecule has 15 amide bonds. The molecule has 5 heterocycles. The van der Waals surface area contributed by atoms with Crippen molar-refractivity contribution in [1.29, 1.82) is 0 Å². The molecular weight excluding hydrogens is 1870 g/mol. The Morgan fingerprint density at radius 1 is 0.433 bits per heavy atom. The number of ether oxygens (including phenoxy) is 7. The molecule has 5 aromatic rings. The van der Waals surface area contributed by atoms with Gasteiger partial charge < -0.3 is 82.1 Å². The normalized spacial score (nSPS) is 18.9. The molecule has 0 spiro atoms. The maximum Gasteiger partial charge on any atom is 1.00 e. The van der Waals surface area contributed by atoms with Crippen LogP contribution in [-0.2, 0) is 89.6 Å². The molecule has 5 aliphatic heterocycles. The summed E-state index contributed by atoms with van der Waals surface area (Å²) >= 11 is 3.17. The van der Waals surface area contributed by atoms with E-state index in [0.717, 1.165) is 102 Å². The van der Waals surface area contributed by atoms with E-state index in [2.05, 4.69) is 36.8 Å². The molecule has 134 heavy (non-hydrogen) atoms. The number of likely N-dealkylation sites (N-methyl/N-ethyl adjacent to an activating group) is 7. The summed E-state index contributed by atoms with van der Waals surface area (Å²) in [6.07, 6.45) is 11.2. The van der Waals surface area contributed by atoms with Gasteiger partial charge in [0.15, 0.2) is 11.2 Å². The Morgan fingerprint density at radius 2 is 0.694 bits per heavy atom. The summed E-state index contributed by atoms with van der Waals surface area (Å²) < 4.78 is 35.8. The van der Waals surface area contributed by atoms with Gasteiger partial charge in [0.1, 0.15) is 60.8 Å². The molecule has 0 saturated carbocycles. The van der Waals surface area contributed by atoms with Gasteiger partial charge in [0.2, 0.25) is 0 Å². The maximum atomic E-state index is 12.4. The summed E-state index contributed by atoms with van der Waals surface area (Å²) in [5, 5.41) is 25.2. The zero-order chi connectivity index (χ0) is 96.0. The minimum atomic E-state index is -1.29. The topological polar surface area (TPSA) is 445 Å². The monoisotopic (exact) mass is 2010 g/mol. The summed E-state index contributed by atoms with van der Waals surface area (Å²) in [4.78, 5) is 173. The number of amides is 15. The van der Waals surface area contributed by atoms with Crippen LogP contribution in [0.3, 0.4) is 0 Å². The van der Waals surface area contributed by atoms with E-state index in [-0.39, 0.29) is 251 Å². The molecule has 0 radical (unpaired) electrons. The van der Waals surface area contributed by atoms with E-state index in [1.165, 1.54) is 78.3 Å². The van der Waals surface area contributed by atoms with E-state index >= 15 is 0 Å². The molecular formula is C94H139BrK2N10Na2O25. The number of urea groups is 5. The average molecular weight is 2010 g/mol. The average Bonchev–Trinajstić information content (AvgIpc) is 1.63. The number of rotatable bonds is 33. The number of nitrogens with one attached hydrogen (secondary N) is 3. The van der Waals surface area contributed by atoms with Gasteiger partial charge in [-0.15, -0.1) is 0 Å². The molecule has 0 aliphatic carbocycles. The van der Waals surface area contributed by atoms with Crippen LogP contribution < -0.4 is 207 Å². The number of carbonyl (C=O) groups excluding carboxylic acids is 13. The van der Waals surface area contributed by atoms with E-state index in [9.17, 15) is 62.3 Å². The Kier molecular flexibility index (Phi) is 60.9. The van der Waals surface area contributed by atoms with Gasteiger partial charge in [-0.25, -0.2) is 33.6 Å². The fourth-order valence-corrected chi connectivity index (χ4v) is 14.1. The van der Waals surface area contributed by atoms with Crippen molar-refractivity contribution in [2.45, 2.75) is 244 Å². The molecule has 5 aliphatic rings. The van der Waals surface area contributed by atoms with Crippen LogP contribution >= 0.6 is 15.9 Å². The SMILES string of the molecule is C.C.CCOC(=O)C(C)(C)Br.CCOC(=O)C(C)(C)Oc1ccc(CCCC2(C)C(=O)N(C)C(=O)N2C)cc1.CN1C(=O)N(C)C(C)(CCCc2ccc(OC(C)(C)C(=O)O)cc2)C1=O.COc1ccc(CCCC2(C)C(=O)N(C)C(=O)N2C)cc1.COc1ccc(CCCC2(C)NC(=O)N(C)C2=O)cc1.COc1ccc(CCCC2(C)NC(=O)NC2=O)cc1.O=CO[O-].[H-].[H-].[K+].[K+].[Na+].[Na+].[OH-]. The smallest absolute Gasteiger partial charge is 1.00 e. The molecule has 5 N–H and O–H groups in total. The third-order valence-corrected chi connectivity index (χ3v) is 23.0. The third kappa shape index (κ3) is 38.2. The Hall–Kier alpha value is -6.65. The van der Waals surface area contributed by atoms with Gasteiger partial charge in [-0.05, 0) is 275 Å². The quantitative estimate of drug-likeness (QED) is 0.00862. The second kappa shape index (κ2) is 61.0. The van der Waals surface area contributed by atoms with Gasteiger partial charge >= 0.3 is 210 Å². The van der Waals surface area contributed by atoms with Crippen LogP contribution in [0.2, 0.25) is 0 Å². The molecule has 726 valence electrons. The first kappa shape index (κ1) is 134. The van der Waals surface area contributed by atoms with Gasteiger partial charge in [-0.2, -0.15) is 0 Å². The molecule has 40 heteroatoms. The van der Waals surface area contributed by atoms with Crippen LogP contribution in [0.15, 0.2) is 121 Å². The summed E-state index contributed by atoms with van der Waals surface area (Å²) in [6, 6.07) is 36.9. The van der Waals surface area contributed by atoms with Gasteiger partial charge in [0.05, 0.1) is 34.5 Å². The Morgan fingerprint density at radius 3 is 0.903 bits per heavy atom. The zero-order valence-electron chi connectivity index (χ0n) is 83.9. The fourth-order valence-electron chi connectivity index (χ4n) is 14.0. The molecule has 5 saturated heterocycles. The molecule has 0 bridgehead atoms. The standard InChI is InChI=1S/C21H30N2O5.C19H26N2O5.C16H22N2O3.C15H20N2O3.C14H18N2O3.C6H11BrO2.CH2O3.2CH4.2K.2Na.H2O.2H/c1-7-27-18(25)20(2,3)28-16-12-10-15(11-13-16)9-8-14-21(4)17(24)22(5)19(26)23(21)6;1-18(2,16(23)24)26-14-10-8-13(9-11-14)7-6-12-19(3)15(22)20(4)17(25)21(19)5;1-16(14(19)17(2)15(20)18(16)3)11-5-6-12-7-9-13(21-4)10-8-12;1-15(13(18)17(2)14(19)16-15)10-4-5-11-6-8-12(20-3)9-7-11;1-14(12(17)15-13(18)16-14)9-3-4-10-5-7-11(19-2)8-6-10;1-4-9-5(8)6(2,3)7;2-1-4-3;;;;;;;;;/h10-13H,7-9,14H2,1-6H3;8-11H,6-7,12H2,1-5H3,(H,23,24);7-10H,5-6,11H2,1-4H3;6-9H,4-5,10H2,1-3H3,(H,16,19);5-8H,3-4,9H2,1-2H3,(H2,15,16,17,18);4H2,1-3H3;1,3H;2*1H4;;;;;1H2;;/q;;;;;;;;;4*+1;;2*-1/p-2. The Balaban J connectivity index is -0.000000371. The number of carbonyl (C=O) groups is 14. The predicted molar refractivity (Wildman–Crippen MR) is 492 cm³/mol. The van der Waals surface area contributed by atoms with Crippen LogP contribution in [0.1, 0.15) is 200 Å². The minimum Gasteiger partial charge on any atom is -1.00 e. The molecule has 0 aromatic heterocycles. The van der Waals surface area contributed by atoms with Gasteiger partial charge in [0.25, 0.3) is 36.0 Å². The second-order valence-corrected chi connectivity index (χ2v) is 35.5. The van der Waals surface area contributed by atoms with E-state index in [0.29, 0.717) is 56.8 Å². The van der Waals surface area contributed by atoms with Crippen LogP contribution in [0, 0.1) is 0 Å². The van der Waals surface area contributed by atoms with Crippen LogP contribution in [0.25, 0.3) is 0 Å². The molecule has 5 atom stereocenters. The first-order chi connectivity index (χ1) is 59.3. The number of methoxy groups -OCH3 is 3. The summed E-state index contributed by atoms with van der Waals surface area (Å²) in [5.41, 5.74) is -0.473. The van der Waals surface area contributed by atoms with Crippen LogP contribution in [0.5, 0.6) is 28.7 Å². The maximum absolute atomic E-state index is 12.4. The van der Waals surface area contributed by atoms with Gasteiger partial charge in [0, 0.05) is 49.3 Å². The van der Waals surface area contributed by atoms with Crippen molar-refractivity contribution < 1.29 is 286 Å². The molecule has 10 rings (SSSR count). The zero-order valence-corrected chi connectivity index (χ0v) is 93.8. The number of hydrogen-bond donors (Lipinski definition) is 4. The van der Waals surface area contributed by atoms with E-state index in [1.54, 1.807) is 122 Å². The van der Waals surface area contributed by atoms with Crippen molar-refractivity contribution in [2.75, 3.05) is 83.9 Å². The van der Waals surface area contributed by atoms with E-state index in [4.69, 9.17) is 48.3 Å². The van der Waals surface area contributed by atoms with Crippen LogP contribution in [0.4, 0.5) is 24.0 Å². The van der Waals surface area contributed by atoms with Crippen molar-refractivity contribution in [3.63, 3.8) is 0 Å². The Labute approximate surface area is 931 Å². The number of halogens is 1. The molecule has 5 aromatic carbocycles. The number of aliphatic carboxylic acids is 1. The van der Waals surface area contributed by atoms with Gasteiger partial charge in [-0.3, -0.25) is 58.5 Å². The van der Waals surface area contributed by atoms with Crippen molar-refractivity contribution in [3.8, 4) is 28.7 Å². The van der Waals surface area contributed by atoms with Crippen molar-refractivity contribution in [3.05, 3.63) is 149 Å². The first-order valence-electron chi connectivity index (χ1n) is 41.7. The van der Waals surface area contributed by atoms with Crippen molar-refractivity contribution in [1.82, 2.24) is 50.2 Å². The number of carboxylic acid groups (broad SMARTS) is 1. The van der Waals surface area contributed by atoms with Gasteiger partial charge in [-0.1, -0.05) is 91.4 Å². The minimum absolute atomic E-state index is 0. The fraction of sp³-hybridized carbons (Fsp3) is 0.532. The molecule has 5 fully saturated rings.